The normalized spacial score (nSPS) is 17.1. The Labute approximate surface area is 155 Å². The van der Waals surface area contributed by atoms with Crippen LogP contribution in [-0.4, -0.2) is 22.2 Å². The number of aromatic nitrogens is 2. The molecule has 1 atom stereocenters. The number of halogens is 2. The van der Waals surface area contributed by atoms with E-state index in [9.17, 15) is 13.6 Å². The largest absolute Gasteiger partial charge is 0.396 e. The van der Waals surface area contributed by atoms with Gasteiger partial charge in [-0.15, -0.1) is 0 Å². The molecular formula is C20H18F2N4O. The molecule has 1 aromatic heterocycles. The molecular weight excluding hydrogens is 350 g/mol. The number of carbonyl (C=O) groups excluding carboxylic acids is 1. The molecule has 0 bridgehead atoms. The van der Waals surface area contributed by atoms with Gasteiger partial charge in [0.15, 0.2) is 0 Å². The minimum Gasteiger partial charge on any atom is -0.396 e. The molecule has 138 valence electrons. The number of alkyl halides is 2. The zero-order valence-corrected chi connectivity index (χ0v) is 14.6. The monoisotopic (exact) mass is 368 g/mol. The Morgan fingerprint density at radius 3 is 2.37 bits per heavy atom. The fourth-order valence-corrected chi connectivity index (χ4v) is 3.37. The Kier molecular flexibility index (Phi) is 3.95. The molecule has 4 rings (SSSR count). The molecule has 0 spiro atoms. The lowest BCUT2D eigenvalue weighted by atomic mass is 10.00. The number of hydrogen-bond acceptors (Lipinski definition) is 3. The average Bonchev–Trinajstić information content (AvgIpc) is 3.08. The molecule has 0 radical (unpaired) electrons. The second-order valence-electron chi connectivity index (χ2n) is 6.65. The van der Waals surface area contributed by atoms with Crippen molar-refractivity contribution in [3.63, 3.8) is 0 Å². The van der Waals surface area contributed by atoms with Crippen molar-refractivity contribution in [1.82, 2.24) is 9.78 Å². The minimum absolute atomic E-state index is 0.0690. The molecule has 0 unspecified atom stereocenters. The molecule has 2 aromatic carbocycles. The summed E-state index contributed by atoms with van der Waals surface area (Å²) < 4.78 is 31.0. The van der Waals surface area contributed by atoms with Gasteiger partial charge in [0.25, 0.3) is 11.8 Å². The Hall–Kier alpha value is -3.22. The number of hydrogen-bond donors (Lipinski definition) is 1. The predicted molar refractivity (Wildman–Crippen MR) is 98.9 cm³/mol. The van der Waals surface area contributed by atoms with Crippen LogP contribution in [0, 0.1) is 0 Å². The first-order valence-corrected chi connectivity index (χ1v) is 8.58. The number of benzene rings is 2. The smallest absolute Gasteiger partial charge is 0.298 e. The highest BCUT2D eigenvalue weighted by Gasteiger charge is 2.35. The molecule has 3 aromatic rings. The predicted octanol–water partition coefficient (Wildman–Crippen LogP) is 3.83. The quantitative estimate of drug-likeness (QED) is 0.764. The zero-order valence-electron chi connectivity index (χ0n) is 14.6. The summed E-state index contributed by atoms with van der Waals surface area (Å²) in [5.41, 5.74) is 6.86. The number of nitrogens with zero attached hydrogens (tertiary/aromatic N) is 3. The molecule has 0 aliphatic carbocycles. The Morgan fingerprint density at radius 2 is 1.70 bits per heavy atom. The van der Waals surface area contributed by atoms with Gasteiger partial charge in [0.1, 0.15) is 5.69 Å². The number of fused-ring (bicyclic) bond motifs is 1. The Morgan fingerprint density at radius 1 is 1.07 bits per heavy atom. The highest BCUT2D eigenvalue weighted by atomic mass is 19.3. The van der Waals surface area contributed by atoms with Gasteiger partial charge >= 0.3 is 0 Å². The SMILES string of the molecule is C[C@H]1CN(c2ccc(C(F)(F)c3ccccc3)cc2)C(=O)c2c(N)cnn21. The van der Waals surface area contributed by atoms with Crippen LogP contribution >= 0.6 is 0 Å². The van der Waals surface area contributed by atoms with Crippen LogP contribution in [0.15, 0.2) is 60.8 Å². The maximum atomic E-state index is 14.7. The van der Waals surface area contributed by atoms with Crippen LogP contribution in [0.1, 0.15) is 34.6 Å². The van der Waals surface area contributed by atoms with Crippen molar-refractivity contribution in [1.29, 1.82) is 0 Å². The van der Waals surface area contributed by atoms with Crippen LogP contribution in [0.25, 0.3) is 0 Å². The molecule has 1 aliphatic rings. The van der Waals surface area contributed by atoms with Gasteiger partial charge in [-0.1, -0.05) is 42.5 Å². The third kappa shape index (κ3) is 2.75. The molecule has 0 saturated carbocycles. The van der Waals surface area contributed by atoms with Gasteiger partial charge in [0.2, 0.25) is 0 Å². The number of anilines is 2. The molecule has 27 heavy (non-hydrogen) atoms. The standard InChI is InChI=1S/C20H18F2N4O/c1-13-12-25(19(27)18-17(23)11-24-26(13)18)16-9-7-15(8-10-16)20(21,22)14-5-3-2-4-6-14/h2-11,13H,12,23H2,1H3/t13-/m0/s1. The number of nitrogen functional groups attached to an aromatic ring is 1. The van der Waals surface area contributed by atoms with Gasteiger partial charge in [0, 0.05) is 23.4 Å². The summed E-state index contributed by atoms with van der Waals surface area (Å²) in [4.78, 5) is 14.3. The third-order valence-corrected chi connectivity index (χ3v) is 4.81. The first-order chi connectivity index (χ1) is 12.9. The molecule has 1 aliphatic heterocycles. The third-order valence-electron chi connectivity index (χ3n) is 4.81. The van der Waals surface area contributed by atoms with Crippen LogP contribution in [0.3, 0.4) is 0 Å². The molecule has 0 saturated heterocycles. The van der Waals surface area contributed by atoms with Crippen molar-refractivity contribution >= 4 is 17.3 Å². The second-order valence-corrected chi connectivity index (χ2v) is 6.65. The first-order valence-electron chi connectivity index (χ1n) is 8.58. The van der Waals surface area contributed by atoms with Gasteiger partial charge < -0.3 is 10.6 Å². The van der Waals surface area contributed by atoms with E-state index in [-0.39, 0.29) is 23.1 Å². The maximum absolute atomic E-state index is 14.7. The van der Waals surface area contributed by atoms with E-state index in [1.54, 1.807) is 39.9 Å². The van der Waals surface area contributed by atoms with E-state index in [1.165, 1.54) is 30.5 Å². The molecule has 7 heteroatoms. The highest BCUT2D eigenvalue weighted by Crippen LogP contribution is 2.37. The summed E-state index contributed by atoms with van der Waals surface area (Å²) >= 11 is 0. The Balaban J connectivity index is 1.65. The van der Waals surface area contributed by atoms with Crippen molar-refractivity contribution in [2.45, 2.75) is 18.9 Å². The van der Waals surface area contributed by atoms with Crippen molar-refractivity contribution in [2.24, 2.45) is 0 Å². The average molecular weight is 368 g/mol. The summed E-state index contributed by atoms with van der Waals surface area (Å²) in [6.07, 6.45) is 1.46. The molecule has 0 fully saturated rings. The van der Waals surface area contributed by atoms with E-state index < -0.39 is 5.92 Å². The van der Waals surface area contributed by atoms with Crippen molar-refractivity contribution < 1.29 is 13.6 Å². The summed E-state index contributed by atoms with van der Waals surface area (Å²) in [5.74, 6) is -3.40. The van der Waals surface area contributed by atoms with E-state index >= 15 is 0 Å². The second kappa shape index (κ2) is 6.19. The lowest BCUT2D eigenvalue weighted by Crippen LogP contribution is -2.42. The van der Waals surface area contributed by atoms with Crippen LogP contribution in [-0.2, 0) is 5.92 Å². The van der Waals surface area contributed by atoms with E-state index in [1.807, 2.05) is 6.92 Å². The number of carbonyl (C=O) groups is 1. The fraction of sp³-hybridized carbons (Fsp3) is 0.200. The summed E-state index contributed by atoms with van der Waals surface area (Å²) in [6.45, 7) is 2.31. The summed E-state index contributed by atoms with van der Waals surface area (Å²) in [6, 6.07) is 13.4. The molecule has 1 amide bonds. The van der Waals surface area contributed by atoms with Crippen LogP contribution in [0.4, 0.5) is 20.2 Å². The van der Waals surface area contributed by atoms with Crippen molar-refractivity contribution in [3.8, 4) is 0 Å². The topological polar surface area (TPSA) is 64.2 Å². The molecule has 2 heterocycles. The van der Waals surface area contributed by atoms with E-state index in [2.05, 4.69) is 5.10 Å². The van der Waals surface area contributed by atoms with Crippen LogP contribution in [0.2, 0.25) is 0 Å². The fourth-order valence-electron chi connectivity index (χ4n) is 3.37. The number of nitrogens with two attached hydrogens (primary N) is 1. The number of amides is 1. The molecule has 5 nitrogen and oxygen atoms in total. The van der Waals surface area contributed by atoms with Crippen molar-refractivity contribution in [3.05, 3.63) is 77.6 Å². The van der Waals surface area contributed by atoms with E-state index in [4.69, 9.17) is 5.73 Å². The number of rotatable bonds is 3. The summed E-state index contributed by atoms with van der Waals surface area (Å²) in [5, 5.41) is 4.14. The van der Waals surface area contributed by atoms with Crippen molar-refractivity contribution in [2.75, 3.05) is 17.2 Å². The van der Waals surface area contributed by atoms with Gasteiger partial charge in [-0.25, -0.2) is 0 Å². The Bertz CT molecular complexity index is 983. The highest BCUT2D eigenvalue weighted by molar-refractivity contribution is 6.08. The zero-order chi connectivity index (χ0) is 19.2. The van der Waals surface area contributed by atoms with Gasteiger partial charge in [-0.3, -0.25) is 9.48 Å². The van der Waals surface area contributed by atoms with Crippen LogP contribution < -0.4 is 10.6 Å². The van der Waals surface area contributed by atoms with Crippen LogP contribution in [0.5, 0.6) is 0 Å². The lowest BCUT2D eigenvalue weighted by molar-refractivity contribution is 0.0428. The van der Waals surface area contributed by atoms with Gasteiger partial charge in [-0.05, 0) is 19.1 Å². The van der Waals surface area contributed by atoms with E-state index in [0.29, 0.717) is 23.6 Å². The lowest BCUT2D eigenvalue weighted by Gasteiger charge is -2.32. The minimum atomic E-state index is -3.11. The summed E-state index contributed by atoms with van der Waals surface area (Å²) in [7, 11) is 0. The van der Waals surface area contributed by atoms with Gasteiger partial charge in [0.05, 0.1) is 17.9 Å². The van der Waals surface area contributed by atoms with E-state index in [0.717, 1.165) is 0 Å². The van der Waals surface area contributed by atoms with Gasteiger partial charge in [-0.2, -0.15) is 13.9 Å². The molecule has 2 N–H and O–H groups in total. The maximum Gasteiger partial charge on any atom is 0.298 e. The first kappa shape index (κ1) is 17.2.